The second-order valence-corrected chi connectivity index (χ2v) is 5.40. The van der Waals surface area contributed by atoms with Crippen molar-refractivity contribution in [2.45, 2.75) is 19.6 Å². The van der Waals surface area contributed by atoms with Crippen molar-refractivity contribution >= 4 is 11.0 Å². The molecule has 0 aliphatic heterocycles. The summed E-state index contributed by atoms with van der Waals surface area (Å²) in [6.45, 7) is 2.59. The van der Waals surface area contributed by atoms with E-state index in [-0.39, 0.29) is 6.61 Å². The summed E-state index contributed by atoms with van der Waals surface area (Å²) in [4.78, 5) is 4.50. The largest absolute Gasteiger partial charge is 0.497 e. The number of methoxy groups -OCH3 is 1. The Morgan fingerprint density at radius 1 is 1.13 bits per heavy atom. The third kappa shape index (κ3) is 3.46. The van der Waals surface area contributed by atoms with E-state index in [1.165, 1.54) is 0 Å². The Labute approximate surface area is 135 Å². The molecule has 1 aromatic heterocycles. The summed E-state index contributed by atoms with van der Waals surface area (Å²) in [5, 5.41) is 10.3. The number of imidazole rings is 1. The van der Waals surface area contributed by atoms with Crippen LogP contribution in [0.1, 0.15) is 5.82 Å². The van der Waals surface area contributed by atoms with Gasteiger partial charge in [-0.3, -0.25) is 0 Å². The maximum atomic E-state index is 10.3. The number of para-hydroxylation sites is 2. The van der Waals surface area contributed by atoms with Crippen LogP contribution in [0, 0.1) is 6.92 Å². The highest BCUT2D eigenvalue weighted by molar-refractivity contribution is 5.75. The molecule has 1 N–H and O–H groups in total. The van der Waals surface area contributed by atoms with Crippen molar-refractivity contribution in [3.8, 4) is 11.5 Å². The van der Waals surface area contributed by atoms with E-state index < -0.39 is 6.10 Å². The Balaban J connectivity index is 1.66. The van der Waals surface area contributed by atoms with Gasteiger partial charge in [-0.1, -0.05) is 18.2 Å². The molecule has 1 atom stereocenters. The Bertz CT molecular complexity index is 798. The van der Waals surface area contributed by atoms with E-state index in [9.17, 15) is 5.11 Å². The lowest BCUT2D eigenvalue weighted by atomic mass is 10.3. The first kappa shape index (κ1) is 15.4. The zero-order valence-electron chi connectivity index (χ0n) is 13.3. The SMILES string of the molecule is COc1cccc(OC[C@H](O)Cn2c(C)nc3ccccc32)c1. The smallest absolute Gasteiger partial charge is 0.123 e. The highest BCUT2D eigenvalue weighted by Crippen LogP contribution is 2.20. The molecular formula is C18H20N2O3. The first-order valence-corrected chi connectivity index (χ1v) is 7.54. The predicted octanol–water partition coefficient (Wildman–Crippen LogP) is 2.79. The number of rotatable bonds is 6. The summed E-state index contributed by atoms with van der Waals surface area (Å²) in [5.41, 5.74) is 1.95. The fourth-order valence-corrected chi connectivity index (χ4v) is 2.57. The Morgan fingerprint density at radius 3 is 2.74 bits per heavy atom. The molecule has 1 heterocycles. The van der Waals surface area contributed by atoms with Gasteiger partial charge in [0, 0.05) is 6.07 Å². The van der Waals surface area contributed by atoms with E-state index in [0.29, 0.717) is 12.3 Å². The van der Waals surface area contributed by atoms with Crippen molar-refractivity contribution in [1.82, 2.24) is 9.55 Å². The number of fused-ring (bicyclic) bond motifs is 1. The molecule has 0 aliphatic carbocycles. The zero-order valence-corrected chi connectivity index (χ0v) is 13.3. The van der Waals surface area contributed by atoms with Gasteiger partial charge >= 0.3 is 0 Å². The van der Waals surface area contributed by atoms with E-state index in [0.717, 1.165) is 22.6 Å². The molecule has 5 nitrogen and oxygen atoms in total. The average molecular weight is 312 g/mol. The summed E-state index contributed by atoms with van der Waals surface area (Å²) in [6, 6.07) is 15.2. The van der Waals surface area contributed by atoms with E-state index >= 15 is 0 Å². The molecule has 5 heteroatoms. The molecule has 3 aromatic rings. The van der Waals surface area contributed by atoms with Crippen LogP contribution in [0.4, 0.5) is 0 Å². The van der Waals surface area contributed by atoms with Gasteiger partial charge in [0.2, 0.25) is 0 Å². The molecule has 2 aromatic carbocycles. The lowest BCUT2D eigenvalue weighted by Crippen LogP contribution is -2.24. The third-order valence-electron chi connectivity index (χ3n) is 3.72. The number of aryl methyl sites for hydroxylation is 1. The van der Waals surface area contributed by atoms with Crippen LogP contribution in [0.5, 0.6) is 11.5 Å². The van der Waals surface area contributed by atoms with Crippen LogP contribution in [-0.2, 0) is 6.54 Å². The zero-order chi connectivity index (χ0) is 16.2. The van der Waals surface area contributed by atoms with Gasteiger partial charge in [0.25, 0.3) is 0 Å². The lowest BCUT2D eigenvalue weighted by molar-refractivity contribution is 0.0928. The van der Waals surface area contributed by atoms with Gasteiger partial charge in [0.15, 0.2) is 0 Å². The predicted molar refractivity (Wildman–Crippen MR) is 89.0 cm³/mol. The van der Waals surface area contributed by atoms with E-state index in [4.69, 9.17) is 9.47 Å². The standard InChI is InChI=1S/C18H20N2O3/c1-13-19-17-8-3-4-9-18(17)20(13)11-14(21)12-23-16-7-5-6-15(10-16)22-2/h3-10,14,21H,11-12H2,1-2H3/t14-/m1/s1. The van der Waals surface area contributed by atoms with Gasteiger partial charge in [-0.2, -0.15) is 0 Å². The normalized spacial score (nSPS) is 12.3. The fourth-order valence-electron chi connectivity index (χ4n) is 2.57. The van der Waals surface area contributed by atoms with Gasteiger partial charge in [0.1, 0.15) is 30.0 Å². The molecule has 0 amide bonds. The maximum Gasteiger partial charge on any atom is 0.123 e. The van der Waals surface area contributed by atoms with E-state index in [2.05, 4.69) is 4.98 Å². The van der Waals surface area contributed by atoms with Crippen molar-refractivity contribution in [2.24, 2.45) is 0 Å². The number of nitrogens with zero attached hydrogens (tertiary/aromatic N) is 2. The van der Waals surface area contributed by atoms with Crippen molar-refractivity contribution in [2.75, 3.05) is 13.7 Å². The summed E-state index contributed by atoms with van der Waals surface area (Å²) >= 11 is 0. The summed E-state index contributed by atoms with van der Waals surface area (Å²) in [5.74, 6) is 2.29. The topological polar surface area (TPSA) is 56.5 Å². The van der Waals surface area contributed by atoms with Crippen LogP contribution < -0.4 is 9.47 Å². The minimum Gasteiger partial charge on any atom is -0.497 e. The van der Waals surface area contributed by atoms with E-state index in [1.54, 1.807) is 13.2 Å². The Hall–Kier alpha value is -2.53. The number of aliphatic hydroxyl groups is 1. The van der Waals surface area contributed by atoms with Crippen LogP contribution in [-0.4, -0.2) is 34.5 Å². The minimum absolute atomic E-state index is 0.207. The monoisotopic (exact) mass is 312 g/mol. The Morgan fingerprint density at radius 2 is 1.91 bits per heavy atom. The lowest BCUT2D eigenvalue weighted by Gasteiger charge is -2.15. The number of benzene rings is 2. The summed E-state index contributed by atoms with van der Waals surface area (Å²) < 4.78 is 12.8. The van der Waals surface area contributed by atoms with Crippen LogP contribution in [0.15, 0.2) is 48.5 Å². The second kappa shape index (κ2) is 6.71. The quantitative estimate of drug-likeness (QED) is 0.760. The number of aromatic nitrogens is 2. The number of hydrogen-bond donors (Lipinski definition) is 1. The van der Waals surface area contributed by atoms with Crippen LogP contribution in [0.2, 0.25) is 0 Å². The van der Waals surface area contributed by atoms with Gasteiger partial charge in [-0.05, 0) is 31.2 Å². The molecular weight excluding hydrogens is 292 g/mol. The number of hydrogen-bond acceptors (Lipinski definition) is 4. The fraction of sp³-hybridized carbons (Fsp3) is 0.278. The van der Waals surface area contributed by atoms with Gasteiger partial charge < -0.3 is 19.1 Å². The molecule has 0 saturated carbocycles. The molecule has 23 heavy (non-hydrogen) atoms. The van der Waals surface area contributed by atoms with Crippen molar-refractivity contribution in [3.05, 3.63) is 54.4 Å². The van der Waals surface area contributed by atoms with Gasteiger partial charge in [-0.25, -0.2) is 4.98 Å². The Kier molecular flexibility index (Phi) is 4.48. The molecule has 120 valence electrons. The number of aliphatic hydroxyl groups excluding tert-OH is 1. The van der Waals surface area contributed by atoms with Gasteiger partial charge in [0.05, 0.1) is 24.7 Å². The molecule has 0 saturated heterocycles. The maximum absolute atomic E-state index is 10.3. The van der Waals surface area contributed by atoms with Crippen molar-refractivity contribution < 1.29 is 14.6 Å². The van der Waals surface area contributed by atoms with Crippen LogP contribution in [0.3, 0.4) is 0 Å². The molecule has 0 bridgehead atoms. The van der Waals surface area contributed by atoms with E-state index in [1.807, 2.05) is 54.0 Å². The van der Waals surface area contributed by atoms with Crippen molar-refractivity contribution in [3.63, 3.8) is 0 Å². The molecule has 0 spiro atoms. The number of ether oxygens (including phenoxy) is 2. The molecule has 0 unspecified atom stereocenters. The molecule has 0 aliphatic rings. The van der Waals surface area contributed by atoms with Crippen LogP contribution >= 0.6 is 0 Å². The highest BCUT2D eigenvalue weighted by Gasteiger charge is 2.12. The minimum atomic E-state index is -0.627. The first-order chi connectivity index (χ1) is 11.2. The first-order valence-electron chi connectivity index (χ1n) is 7.54. The van der Waals surface area contributed by atoms with Gasteiger partial charge in [-0.15, -0.1) is 0 Å². The highest BCUT2D eigenvalue weighted by atomic mass is 16.5. The second-order valence-electron chi connectivity index (χ2n) is 5.40. The molecule has 0 fully saturated rings. The third-order valence-corrected chi connectivity index (χ3v) is 3.72. The van der Waals surface area contributed by atoms with Crippen LogP contribution in [0.25, 0.3) is 11.0 Å². The van der Waals surface area contributed by atoms with Crippen molar-refractivity contribution in [1.29, 1.82) is 0 Å². The summed E-state index contributed by atoms with van der Waals surface area (Å²) in [7, 11) is 1.61. The molecule has 0 radical (unpaired) electrons. The summed E-state index contributed by atoms with van der Waals surface area (Å²) in [6.07, 6.45) is -0.627. The average Bonchev–Trinajstić information content (AvgIpc) is 2.89. The molecule has 3 rings (SSSR count).